The third kappa shape index (κ3) is 3.61. The van der Waals surface area contributed by atoms with Gasteiger partial charge in [0, 0.05) is 13.2 Å². The van der Waals surface area contributed by atoms with Gasteiger partial charge in [-0.2, -0.15) is 0 Å². The molecule has 0 radical (unpaired) electrons. The van der Waals surface area contributed by atoms with E-state index in [0.29, 0.717) is 11.1 Å². The molecule has 0 aliphatic rings. The van der Waals surface area contributed by atoms with Gasteiger partial charge in [0.25, 0.3) is 0 Å². The van der Waals surface area contributed by atoms with Crippen molar-refractivity contribution in [2.45, 2.75) is 20.4 Å². The van der Waals surface area contributed by atoms with E-state index in [4.69, 9.17) is 8.85 Å². The average Bonchev–Trinajstić information content (AvgIpc) is 2.58. The smallest absolute Gasteiger partial charge is 0.390 e. The van der Waals surface area contributed by atoms with E-state index in [2.05, 4.69) is 0 Å². The molecular formula is C18H20F2O3Si. The van der Waals surface area contributed by atoms with Gasteiger partial charge in [0.05, 0.1) is 5.56 Å². The highest BCUT2D eigenvalue weighted by atomic mass is 28.4. The topological polar surface area (TPSA) is 35.5 Å². The summed E-state index contributed by atoms with van der Waals surface area (Å²) in [7, 11) is -3.36. The monoisotopic (exact) mass is 350 g/mol. The predicted octanol–water partition coefficient (Wildman–Crippen LogP) is 4.50. The summed E-state index contributed by atoms with van der Waals surface area (Å²) in [6.45, 7) is 5.54. The fraction of sp³-hybridized carbons (Fsp3) is 0.278. The summed E-state index contributed by atoms with van der Waals surface area (Å²) in [6.07, 6.45) is 0. The lowest BCUT2D eigenvalue weighted by Crippen LogP contribution is -2.48. The zero-order chi connectivity index (χ0) is 17.7. The van der Waals surface area contributed by atoms with Crippen LogP contribution in [-0.2, 0) is 8.85 Å². The quantitative estimate of drug-likeness (QED) is 0.690. The Kier molecular flexibility index (Phi) is 5.98. The van der Waals surface area contributed by atoms with E-state index in [-0.39, 0.29) is 18.8 Å². The van der Waals surface area contributed by atoms with Gasteiger partial charge in [-0.15, -0.1) is 0 Å². The molecule has 0 aliphatic carbocycles. The van der Waals surface area contributed by atoms with Crippen LogP contribution in [0.5, 0.6) is 0 Å². The summed E-state index contributed by atoms with van der Waals surface area (Å²) in [5.41, 5.74) is 0.652. The fourth-order valence-corrected chi connectivity index (χ4v) is 4.73. The highest BCUT2D eigenvalue weighted by Gasteiger charge is 2.44. The maximum atomic E-state index is 14.5. The Labute approximate surface area is 141 Å². The average molecular weight is 350 g/mol. The fourth-order valence-electron chi connectivity index (χ4n) is 2.58. The van der Waals surface area contributed by atoms with E-state index in [0.717, 1.165) is 6.07 Å². The first-order chi connectivity index (χ1) is 11.4. The van der Waals surface area contributed by atoms with Crippen molar-refractivity contribution in [3.8, 4) is 11.1 Å². The molecule has 0 atom stereocenters. The Morgan fingerprint density at radius 1 is 1.00 bits per heavy atom. The van der Waals surface area contributed by atoms with Crippen LogP contribution in [0, 0.1) is 11.6 Å². The Morgan fingerprint density at radius 2 is 1.58 bits per heavy atom. The Hall–Kier alpha value is -1.89. The summed E-state index contributed by atoms with van der Waals surface area (Å²) >= 11 is 0. The molecule has 0 aliphatic heterocycles. The minimum absolute atomic E-state index is 0.256. The second-order valence-electron chi connectivity index (χ2n) is 5.29. The largest absolute Gasteiger partial charge is 0.413 e. The van der Waals surface area contributed by atoms with Crippen molar-refractivity contribution in [2.75, 3.05) is 13.2 Å². The molecule has 0 N–H and O–H groups in total. The lowest BCUT2D eigenvalue weighted by atomic mass is 9.99. The summed E-state index contributed by atoms with van der Waals surface area (Å²) < 4.78 is 39.4. The summed E-state index contributed by atoms with van der Waals surface area (Å²) in [6, 6.07) is 11.3. The van der Waals surface area contributed by atoms with Gasteiger partial charge in [-0.3, -0.25) is 4.79 Å². The molecular weight excluding hydrogens is 330 g/mol. The summed E-state index contributed by atoms with van der Waals surface area (Å²) in [5.74, 6) is -2.23. The zero-order valence-electron chi connectivity index (χ0n) is 13.9. The van der Waals surface area contributed by atoms with Gasteiger partial charge in [0.2, 0.25) is 5.41 Å². The van der Waals surface area contributed by atoms with Crippen LogP contribution in [0.25, 0.3) is 11.1 Å². The van der Waals surface area contributed by atoms with E-state index in [1.165, 1.54) is 6.07 Å². The van der Waals surface area contributed by atoms with Crippen LogP contribution in [-0.4, -0.2) is 27.2 Å². The van der Waals surface area contributed by atoms with Crippen LogP contribution in [0.15, 0.2) is 42.5 Å². The van der Waals surface area contributed by atoms with Crippen molar-refractivity contribution in [1.82, 2.24) is 0 Å². The Balaban J connectivity index is 2.63. The van der Waals surface area contributed by atoms with Crippen LogP contribution >= 0.6 is 0 Å². The lowest BCUT2D eigenvalue weighted by Gasteiger charge is -2.25. The van der Waals surface area contributed by atoms with Gasteiger partial charge < -0.3 is 8.85 Å². The van der Waals surface area contributed by atoms with Crippen molar-refractivity contribution in [2.24, 2.45) is 0 Å². The van der Waals surface area contributed by atoms with E-state index in [1.807, 2.05) is 6.07 Å². The molecule has 0 saturated carbocycles. The molecule has 0 unspecified atom stereocenters. The van der Waals surface area contributed by atoms with Crippen molar-refractivity contribution in [3.05, 3.63) is 59.7 Å². The summed E-state index contributed by atoms with van der Waals surface area (Å²) in [4.78, 5) is 13.0. The molecule has 0 saturated heterocycles. The number of carbonyl (C=O) groups is 1. The van der Waals surface area contributed by atoms with Crippen LogP contribution in [0.2, 0.25) is 6.55 Å². The van der Waals surface area contributed by atoms with Gasteiger partial charge >= 0.3 is 8.56 Å². The van der Waals surface area contributed by atoms with Crippen LogP contribution in [0.1, 0.15) is 24.2 Å². The normalized spacial score (nSPS) is 11.5. The van der Waals surface area contributed by atoms with Crippen LogP contribution in [0.3, 0.4) is 0 Å². The zero-order valence-corrected chi connectivity index (χ0v) is 14.9. The molecule has 0 bridgehead atoms. The van der Waals surface area contributed by atoms with Crippen molar-refractivity contribution in [3.63, 3.8) is 0 Å². The maximum absolute atomic E-state index is 14.5. The molecule has 3 nitrogen and oxygen atoms in total. The Morgan fingerprint density at radius 3 is 2.12 bits per heavy atom. The third-order valence-corrected chi connectivity index (χ3v) is 6.41. The number of benzene rings is 2. The van der Waals surface area contributed by atoms with E-state index < -0.39 is 25.6 Å². The SMILES string of the molecule is CCO[Si](C)(OCC)C(=O)c1c(-c2ccccc2)ccc(F)c1F. The standard InChI is InChI=1S/C18H20F2O3Si/c1-4-22-24(3,23-5-2)18(21)16-14(11-12-15(19)17(16)20)13-9-7-6-8-10-13/h6-12H,4-5H2,1-3H3. The highest BCUT2D eigenvalue weighted by molar-refractivity contribution is 6.98. The van der Waals surface area contributed by atoms with E-state index in [1.54, 1.807) is 44.7 Å². The first kappa shape index (κ1) is 18.4. The molecule has 24 heavy (non-hydrogen) atoms. The number of hydrogen-bond donors (Lipinski definition) is 0. The van der Waals surface area contributed by atoms with E-state index >= 15 is 0 Å². The van der Waals surface area contributed by atoms with Gasteiger partial charge in [0.1, 0.15) is 0 Å². The molecule has 0 aromatic heterocycles. The van der Waals surface area contributed by atoms with Crippen molar-refractivity contribution in [1.29, 1.82) is 0 Å². The Bertz CT molecular complexity index is 714. The molecule has 128 valence electrons. The minimum Gasteiger partial charge on any atom is -0.390 e. The molecule has 0 amide bonds. The number of carbonyl (C=O) groups excluding carboxylic acids is 1. The summed E-state index contributed by atoms with van der Waals surface area (Å²) in [5, 5.41) is -0.609. The van der Waals surface area contributed by atoms with Crippen LogP contribution < -0.4 is 0 Å². The molecule has 0 spiro atoms. The van der Waals surface area contributed by atoms with Gasteiger partial charge in [-0.05, 0) is 37.6 Å². The van der Waals surface area contributed by atoms with Gasteiger partial charge in [-0.1, -0.05) is 36.4 Å². The minimum atomic E-state index is -3.36. The molecule has 0 fully saturated rings. The second-order valence-corrected chi connectivity index (χ2v) is 8.21. The molecule has 0 heterocycles. The van der Waals surface area contributed by atoms with Crippen molar-refractivity contribution >= 4 is 14.0 Å². The third-order valence-electron chi connectivity index (χ3n) is 3.66. The number of rotatable bonds is 7. The predicted molar refractivity (Wildman–Crippen MR) is 91.0 cm³/mol. The maximum Gasteiger partial charge on any atom is 0.413 e. The van der Waals surface area contributed by atoms with Crippen LogP contribution in [0.4, 0.5) is 8.78 Å². The first-order valence-electron chi connectivity index (χ1n) is 7.80. The highest BCUT2D eigenvalue weighted by Crippen LogP contribution is 2.30. The molecule has 2 aromatic carbocycles. The van der Waals surface area contributed by atoms with Gasteiger partial charge in [-0.25, -0.2) is 8.78 Å². The lowest BCUT2D eigenvalue weighted by molar-refractivity contribution is 0.0944. The second kappa shape index (κ2) is 7.79. The van der Waals surface area contributed by atoms with Crippen molar-refractivity contribution < 1.29 is 22.4 Å². The van der Waals surface area contributed by atoms with Gasteiger partial charge in [0.15, 0.2) is 11.6 Å². The molecule has 2 rings (SSSR count). The molecule has 6 heteroatoms. The van der Waals surface area contributed by atoms with E-state index in [9.17, 15) is 13.6 Å². The molecule has 2 aromatic rings. The number of hydrogen-bond acceptors (Lipinski definition) is 3. The first-order valence-corrected chi connectivity index (χ1v) is 10.1. The number of halogens is 2.